The van der Waals surface area contributed by atoms with Gasteiger partial charge in [0.2, 0.25) is 0 Å². The third-order valence-corrected chi connectivity index (χ3v) is 9.83. The molecule has 0 saturated heterocycles. The Morgan fingerprint density at radius 3 is 1.43 bits per heavy atom. The molecule has 1 unspecified atom stereocenters. The lowest BCUT2D eigenvalue weighted by Gasteiger charge is -2.09. The van der Waals surface area contributed by atoms with Gasteiger partial charge in [-0.25, -0.2) is 50.9 Å². The maximum Gasteiger partial charge on any atom is 0.357 e. The van der Waals surface area contributed by atoms with E-state index < -0.39 is 52.2 Å². The molecule has 1 atom stereocenters. The number of carbonyl (C=O) groups excluding carboxylic acids is 3. The van der Waals surface area contributed by atoms with Crippen molar-refractivity contribution < 1.29 is 64.8 Å². The van der Waals surface area contributed by atoms with Crippen LogP contribution >= 0.6 is 110 Å². The van der Waals surface area contributed by atoms with Crippen molar-refractivity contribution in [1.29, 1.82) is 0 Å². The molecule has 0 amide bonds. The summed E-state index contributed by atoms with van der Waals surface area (Å²) in [4.78, 5) is 48.8. The number of rotatable bonds is 12. The Bertz CT molecular complexity index is 2790. The van der Waals surface area contributed by atoms with E-state index in [-0.39, 0.29) is 93.9 Å². The lowest BCUT2D eigenvalue weighted by atomic mass is 10.2. The quantitative estimate of drug-likeness (QED) is 0.0343. The number of hydrogen-bond acceptors (Lipinski definition) is 13. The number of alkyl halides is 4. The summed E-state index contributed by atoms with van der Waals surface area (Å²) in [7, 11) is 0. The van der Waals surface area contributed by atoms with Gasteiger partial charge >= 0.3 is 11.9 Å². The number of nitrogens with two attached hydrogens (primary N) is 2. The second-order valence-corrected chi connectivity index (χ2v) is 14.7. The average Bonchev–Trinajstić information content (AvgIpc) is 3.76. The molecule has 0 spiro atoms. The number of imidazole rings is 1. The second kappa shape index (κ2) is 46.2. The fourth-order valence-corrected chi connectivity index (χ4v) is 5.93. The Morgan fingerprint density at radius 2 is 1.06 bits per heavy atom. The van der Waals surface area contributed by atoms with Crippen LogP contribution in [-0.2, 0) is 37.6 Å². The number of fused-ring (bicyclic) bond motifs is 1. The molecule has 0 bridgehead atoms. The number of nitrogen functional groups attached to an aromatic ring is 2. The molecule has 0 aliphatic heterocycles. The molecule has 7 aromatic rings. The monoisotopic (exact) mass is 1650 g/mol. The van der Waals surface area contributed by atoms with Gasteiger partial charge in [0.25, 0.3) is 0 Å². The maximum atomic E-state index is 13.7. The van der Waals surface area contributed by atoms with Gasteiger partial charge in [-0.1, -0.05) is 102 Å². The van der Waals surface area contributed by atoms with Gasteiger partial charge in [0.05, 0.1) is 30.0 Å². The molecule has 0 aliphatic rings. The number of nitrogens with zero attached hydrogens (tertiary/aromatic N) is 4. The van der Waals surface area contributed by atoms with E-state index in [0.29, 0.717) is 28.5 Å². The first kappa shape index (κ1) is 81.0. The van der Waals surface area contributed by atoms with Gasteiger partial charge in [-0.3, -0.25) is 9.20 Å². The van der Waals surface area contributed by atoms with Crippen LogP contribution in [0, 0.1) is 41.8 Å². The molecule has 4 aromatic heterocycles. The molecule has 5 N–H and O–H groups in total. The molecule has 26 heteroatoms. The molecule has 438 valence electrons. The molecule has 4 heterocycles. The number of pyridine rings is 3. The van der Waals surface area contributed by atoms with Gasteiger partial charge in [-0.2, -0.15) is 0 Å². The summed E-state index contributed by atoms with van der Waals surface area (Å²) in [5.74, 6) is -4.21. The number of aromatic hydroxyl groups is 1. The fourth-order valence-electron chi connectivity index (χ4n) is 5.33. The molecular weight excluding hydrogens is 1590 g/mol. The van der Waals surface area contributed by atoms with E-state index >= 15 is 0 Å². The SMILES string of the molecule is C.C.C.CCOC(=O)C(Cl)C(C)=O.CCOC(=O)c1c(C)nc2c(OCc3c(F)cccc3F)cccn12.CI.CI.Fc1cccc(F)c1CBr.II.Nc1ncccc1O.Nc1ncccc1OCc1c(F)cccc1F. The van der Waals surface area contributed by atoms with Gasteiger partial charge in [-0.15, -0.1) is 11.6 Å². The molecule has 0 aliphatic carbocycles. The third kappa shape index (κ3) is 28.2. The maximum absolute atomic E-state index is 13.7. The number of aromatic nitrogens is 4. The van der Waals surface area contributed by atoms with Crippen LogP contribution in [-0.4, -0.2) is 70.6 Å². The Balaban J connectivity index is -0.000000456. The minimum Gasteiger partial charge on any atom is -0.504 e. The lowest BCUT2D eigenvalue weighted by Crippen LogP contribution is -2.24. The average molecular weight is 1650 g/mol. The van der Waals surface area contributed by atoms with Crippen molar-refractivity contribution in [1.82, 2.24) is 19.4 Å². The zero-order chi connectivity index (χ0) is 57.9. The highest BCUT2D eigenvalue weighted by atomic mass is 128. The number of ketones is 1. The van der Waals surface area contributed by atoms with Crippen LogP contribution in [0.1, 0.15) is 75.9 Å². The van der Waals surface area contributed by atoms with Crippen LogP contribution in [0.5, 0.6) is 17.2 Å². The van der Waals surface area contributed by atoms with Crippen LogP contribution in [0.4, 0.5) is 38.0 Å². The number of Topliss-reactive ketones (excluding diaryl/α,β-unsaturated/α-hetero) is 1. The molecule has 0 fully saturated rings. The standard InChI is InChI=1S/C18H16F2N2O3.C12H10F2N2O.C7H5BrF2.C6H9ClO3.C5H6N2O.2CH3I.3CH4.I2/c1-3-24-18(23)16-11(2)21-17-15(8-5-9-22(16)17)25-10-12-13(19)6-4-7-14(12)20;13-9-3-1-4-10(14)8(9)7-17-11-5-2-6-16-12(11)15;8-4-5-6(9)2-1-3-7(5)10;1-3-10-6(9)5(7)4(2)8;6-5-4(8)2-1-3-7-5;2*1-2;;;;1-2/h4-9H,3,10H2,1-2H3;1-6H,7H2,(H2,15,16);1-3H,4H2;5H,3H2,1-2H3;1-3,8H,(H2,6,7);2*1H3;3*1H4;. The number of carbonyl (C=O) groups is 3. The van der Waals surface area contributed by atoms with Crippen LogP contribution in [0.2, 0.25) is 0 Å². The summed E-state index contributed by atoms with van der Waals surface area (Å²) >= 11 is 16.8. The molecule has 79 heavy (non-hydrogen) atoms. The highest BCUT2D eigenvalue weighted by molar-refractivity contribution is 15.0. The van der Waals surface area contributed by atoms with Crippen molar-refractivity contribution >= 4 is 145 Å². The van der Waals surface area contributed by atoms with Crippen molar-refractivity contribution in [2.75, 3.05) is 34.5 Å². The summed E-state index contributed by atoms with van der Waals surface area (Å²) in [6.07, 6.45) is 4.68. The normalized spacial score (nSPS) is 9.59. The zero-order valence-electron chi connectivity index (χ0n) is 41.3. The first-order valence-electron chi connectivity index (χ1n) is 21.4. The summed E-state index contributed by atoms with van der Waals surface area (Å²) < 4.78 is 101. The third-order valence-electron chi connectivity index (χ3n) is 8.79. The Hall–Kier alpha value is -4.47. The van der Waals surface area contributed by atoms with Crippen LogP contribution in [0.3, 0.4) is 0 Å². The van der Waals surface area contributed by atoms with Gasteiger partial charge in [0.15, 0.2) is 51.4 Å². The topological polar surface area (TPSA) is 203 Å². The van der Waals surface area contributed by atoms with Crippen molar-refractivity contribution in [2.45, 2.75) is 73.9 Å². The Kier molecular flexibility index (Phi) is 47.3. The summed E-state index contributed by atoms with van der Waals surface area (Å²) in [5.41, 5.74) is 11.6. The molecule has 0 saturated carbocycles. The largest absolute Gasteiger partial charge is 0.504 e. The molecule has 14 nitrogen and oxygen atoms in total. The number of esters is 2. The van der Waals surface area contributed by atoms with Crippen molar-refractivity contribution in [3.63, 3.8) is 0 Å². The first-order chi connectivity index (χ1) is 36.4. The number of aryl methyl sites for hydroxylation is 1. The van der Waals surface area contributed by atoms with Crippen molar-refractivity contribution in [3.05, 3.63) is 173 Å². The van der Waals surface area contributed by atoms with Gasteiger partial charge < -0.3 is 35.5 Å². The van der Waals surface area contributed by atoms with Gasteiger partial charge in [-0.05, 0) is 110 Å². The summed E-state index contributed by atoms with van der Waals surface area (Å²) in [6, 6.07) is 20.7. The van der Waals surface area contributed by atoms with E-state index in [0.717, 1.165) is 0 Å². The number of ether oxygens (including phenoxy) is 4. The van der Waals surface area contributed by atoms with Crippen LogP contribution in [0.25, 0.3) is 5.65 Å². The molecule has 3 aromatic carbocycles. The minimum atomic E-state index is -1.14. The highest BCUT2D eigenvalue weighted by Gasteiger charge is 2.22. The first-order valence-corrected chi connectivity index (χ1v) is 33.6. The van der Waals surface area contributed by atoms with E-state index in [4.69, 9.17) is 42.4 Å². The predicted molar refractivity (Wildman–Crippen MR) is 340 cm³/mol. The van der Waals surface area contributed by atoms with Crippen LogP contribution < -0.4 is 20.9 Å². The van der Waals surface area contributed by atoms with E-state index in [9.17, 15) is 40.7 Å². The minimum absolute atomic E-state index is 0. The van der Waals surface area contributed by atoms with E-state index in [2.05, 4.69) is 118 Å². The zero-order valence-corrected chi connectivity index (χ0v) is 52.3. The summed E-state index contributed by atoms with van der Waals surface area (Å²) in [5, 5.41) is 7.81. The predicted octanol–water partition coefficient (Wildman–Crippen LogP) is 16.0. The van der Waals surface area contributed by atoms with E-state index in [1.807, 2.05) is 9.86 Å². The van der Waals surface area contributed by atoms with Crippen molar-refractivity contribution in [2.24, 2.45) is 0 Å². The molecule has 7 rings (SSSR count). The number of halogens is 12. The Labute approximate surface area is 522 Å². The number of benzene rings is 3. The molecule has 0 radical (unpaired) electrons. The van der Waals surface area contributed by atoms with E-state index in [1.54, 1.807) is 61.7 Å². The van der Waals surface area contributed by atoms with Gasteiger partial charge in [0, 0.05) is 66.7 Å². The highest BCUT2D eigenvalue weighted by Crippen LogP contribution is 2.25. The smallest absolute Gasteiger partial charge is 0.357 e. The lowest BCUT2D eigenvalue weighted by molar-refractivity contribution is -0.144. The number of hydrogen-bond donors (Lipinski definition) is 3. The van der Waals surface area contributed by atoms with E-state index in [1.165, 1.54) is 80.0 Å². The fraction of sp³-hybridized carbons (Fsp3) is 0.283. The van der Waals surface area contributed by atoms with Crippen LogP contribution in [0.15, 0.2) is 110 Å². The molecular formula is C53H64BrClF6I4N6O8. The van der Waals surface area contributed by atoms with Crippen molar-refractivity contribution in [3.8, 4) is 17.2 Å². The summed E-state index contributed by atoms with van der Waals surface area (Å²) in [6.45, 7) is 6.26. The van der Waals surface area contributed by atoms with Gasteiger partial charge in [0.1, 0.15) is 48.1 Å². The Morgan fingerprint density at radius 1 is 0.658 bits per heavy atom. The number of anilines is 2. The second-order valence-electron chi connectivity index (χ2n) is 13.7.